The molecule has 10 heavy (non-hydrogen) atoms. The topological polar surface area (TPSA) is 41.5 Å². The van der Waals surface area contributed by atoms with Crippen molar-refractivity contribution in [3.63, 3.8) is 0 Å². The van der Waals surface area contributed by atoms with Crippen LogP contribution in [0.1, 0.15) is 6.42 Å². The number of nitrogens with one attached hydrogen (secondary N) is 1. The van der Waals surface area contributed by atoms with E-state index in [0.29, 0.717) is 0 Å². The molecule has 0 aromatic carbocycles. The maximum atomic E-state index is 11.0. The van der Waals surface area contributed by atoms with Crippen LogP contribution in [-0.2, 0) is 4.79 Å². The zero-order valence-electron chi connectivity index (χ0n) is 5.50. The third-order valence-electron chi connectivity index (χ3n) is 1.89. The lowest BCUT2D eigenvalue weighted by Crippen LogP contribution is -2.17. The summed E-state index contributed by atoms with van der Waals surface area (Å²) in [5.41, 5.74) is 1.04. The van der Waals surface area contributed by atoms with Crippen molar-refractivity contribution in [1.82, 2.24) is 5.32 Å². The standard InChI is InChI=1S/C7H8N2O/c10-7-5-1-3-8-6(5)2-4-9-7/h2,4-5,8H,1,3H2. The number of hydrogen-bond donors (Lipinski definition) is 1. The van der Waals surface area contributed by atoms with Crippen molar-refractivity contribution in [2.24, 2.45) is 10.9 Å². The summed E-state index contributed by atoms with van der Waals surface area (Å²) in [6.07, 6.45) is 4.34. The van der Waals surface area contributed by atoms with Gasteiger partial charge in [0, 0.05) is 18.5 Å². The van der Waals surface area contributed by atoms with Crippen LogP contribution in [-0.4, -0.2) is 18.7 Å². The van der Waals surface area contributed by atoms with E-state index in [9.17, 15) is 4.79 Å². The van der Waals surface area contributed by atoms with E-state index in [-0.39, 0.29) is 11.8 Å². The van der Waals surface area contributed by atoms with Gasteiger partial charge in [0.1, 0.15) is 0 Å². The number of amides is 1. The molecule has 1 amide bonds. The minimum atomic E-state index is 0.00231. The van der Waals surface area contributed by atoms with Gasteiger partial charge in [-0.1, -0.05) is 0 Å². The number of carbonyl (C=O) groups excluding carboxylic acids is 1. The molecule has 0 aromatic heterocycles. The molecule has 0 spiro atoms. The molecule has 1 fully saturated rings. The highest BCUT2D eigenvalue weighted by atomic mass is 16.1. The van der Waals surface area contributed by atoms with Gasteiger partial charge in [0.05, 0.1) is 5.92 Å². The molecule has 0 aliphatic carbocycles. The van der Waals surface area contributed by atoms with Crippen LogP contribution in [0.2, 0.25) is 0 Å². The highest BCUT2D eigenvalue weighted by Gasteiger charge is 2.28. The molecule has 1 saturated heterocycles. The maximum absolute atomic E-state index is 11.0. The number of nitrogens with zero attached hydrogens (tertiary/aromatic N) is 1. The molecule has 0 radical (unpaired) electrons. The molecule has 1 N–H and O–H groups in total. The van der Waals surface area contributed by atoms with Crippen molar-refractivity contribution < 1.29 is 4.79 Å². The molecule has 1 atom stereocenters. The van der Waals surface area contributed by atoms with Crippen molar-refractivity contribution in [3.8, 4) is 0 Å². The first-order valence-corrected chi connectivity index (χ1v) is 3.40. The van der Waals surface area contributed by atoms with Crippen LogP contribution in [0.4, 0.5) is 0 Å². The summed E-state index contributed by atoms with van der Waals surface area (Å²) < 4.78 is 0. The predicted molar refractivity (Wildman–Crippen MR) is 37.7 cm³/mol. The number of aliphatic imine (C=N–C) groups is 1. The molecule has 2 rings (SSSR count). The van der Waals surface area contributed by atoms with Crippen LogP contribution < -0.4 is 5.32 Å². The Morgan fingerprint density at radius 2 is 2.60 bits per heavy atom. The maximum Gasteiger partial charge on any atom is 0.254 e. The first-order chi connectivity index (χ1) is 4.88. The molecule has 0 saturated carbocycles. The van der Waals surface area contributed by atoms with Crippen molar-refractivity contribution in [2.75, 3.05) is 6.54 Å². The van der Waals surface area contributed by atoms with Crippen molar-refractivity contribution in [1.29, 1.82) is 0 Å². The monoisotopic (exact) mass is 136 g/mol. The lowest BCUT2D eigenvalue weighted by Gasteiger charge is -2.08. The molecule has 52 valence electrons. The van der Waals surface area contributed by atoms with E-state index in [2.05, 4.69) is 10.3 Å². The third-order valence-corrected chi connectivity index (χ3v) is 1.89. The second-order valence-electron chi connectivity index (χ2n) is 2.51. The van der Waals surface area contributed by atoms with Crippen LogP contribution in [0, 0.1) is 5.92 Å². The molecular weight excluding hydrogens is 128 g/mol. The van der Waals surface area contributed by atoms with Gasteiger partial charge in [-0.2, -0.15) is 0 Å². The fourth-order valence-electron chi connectivity index (χ4n) is 1.35. The van der Waals surface area contributed by atoms with Crippen LogP contribution in [0.15, 0.2) is 16.8 Å². The first-order valence-electron chi connectivity index (χ1n) is 3.40. The predicted octanol–water partition coefficient (Wildman–Crippen LogP) is 0.0908. The summed E-state index contributed by atoms with van der Waals surface area (Å²) in [5, 5.41) is 3.14. The van der Waals surface area contributed by atoms with Crippen molar-refractivity contribution >= 4 is 12.1 Å². The van der Waals surface area contributed by atoms with Crippen LogP contribution >= 0.6 is 0 Å². The summed E-state index contributed by atoms with van der Waals surface area (Å²) >= 11 is 0. The van der Waals surface area contributed by atoms with Gasteiger partial charge in [-0.25, -0.2) is 4.99 Å². The summed E-state index contributed by atoms with van der Waals surface area (Å²) in [7, 11) is 0. The largest absolute Gasteiger partial charge is 0.388 e. The number of carbonyl (C=O) groups is 1. The van der Waals surface area contributed by atoms with E-state index >= 15 is 0 Å². The number of dihydropyridines is 1. The second-order valence-corrected chi connectivity index (χ2v) is 2.51. The summed E-state index contributed by atoms with van der Waals surface area (Å²) in [6.45, 7) is 0.908. The van der Waals surface area contributed by atoms with Gasteiger partial charge in [0.2, 0.25) is 0 Å². The molecule has 2 aliphatic heterocycles. The van der Waals surface area contributed by atoms with E-state index in [4.69, 9.17) is 0 Å². The summed E-state index contributed by atoms with van der Waals surface area (Å²) in [6, 6.07) is 0. The van der Waals surface area contributed by atoms with Gasteiger partial charge < -0.3 is 5.32 Å². The molecule has 1 unspecified atom stereocenters. The molecular formula is C7H8N2O. The molecule has 2 heterocycles. The van der Waals surface area contributed by atoms with E-state index in [1.165, 1.54) is 0 Å². The van der Waals surface area contributed by atoms with Gasteiger partial charge in [0.25, 0.3) is 5.91 Å². The zero-order valence-corrected chi connectivity index (χ0v) is 5.50. The van der Waals surface area contributed by atoms with E-state index in [1.54, 1.807) is 6.21 Å². The van der Waals surface area contributed by atoms with Gasteiger partial charge in [-0.3, -0.25) is 4.79 Å². The smallest absolute Gasteiger partial charge is 0.254 e. The Hall–Kier alpha value is -1.12. The number of hydrogen-bond acceptors (Lipinski definition) is 2. The molecule has 2 aliphatic rings. The normalized spacial score (nSPS) is 29.4. The van der Waals surface area contributed by atoms with Crippen LogP contribution in [0.5, 0.6) is 0 Å². The van der Waals surface area contributed by atoms with Crippen molar-refractivity contribution in [3.05, 3.63) is 11.8 Å². The minimum Gasteiger partial charge on any atom is -0.388 e. The average Bonchev–Trinajstić information content (AvgIpc) is 2.36. The van der Waals surface area contributed by atoms with E-state index in [1.807, 2.05) is 6.08 Å². The highest BCUT2D eigenvalue weighted by molar-refractivity contribution is 5.95. The molecule has 0 aromatic rings. The van der Waals surface area contributed by atoms with E-state index < -0.39 is 0 Å². The first kappa shape index (κ1) is 5.65. The zero-order chi connectivity index (χ0) is 6.97. The Labute approximate surface area is 58.8 Å². The van der Waals surface area contributed by atoms with Crippen molar-refractivity contribution in [2.45, 2.75) is 6.42 Å². The fraction of sp³-hybridized carbons (Fsp3) is 0.429. The minimum absolute atomic E-state index is 0.00231. The van der Waals surface area contributed by atoms with E-state index in [0.717, 1.165) is 18.7 Å². The molecule has 0 bridgehead atoms. The van der Waals surface area contributed by atoms with Gasteiger partial charge >= 0.3 is 0 Å². The average molecular weight is 136 g/mol. The Bertz CT molecular complexity index is 230. The van der Waals surface area contributed by atoms with Crippen LogP contribution in [0.25, 0.3) is 0 Å². The number of fused-ring (bicyclic) bond motifs is 1. The van der Waals surface area contributed by atoms with Gasteiger partial charge in [-0.15, -0.1) is 0 Å². The highest BCUT2D eigenvalue weighted by Crippen LogP contribution is 2.21. The SMILES string of the molecule is O=C1N=CC=C2NCCC12. The number of rotatable bonds is 0. The second kappa shape index (κ2) is 1.94. The Morgan fingerprint density at radius 1 is 1.70 bits per heavy atom. The quantitative estimate of drug-likeness (QED) is 0.512. The molecule has 3 heteroatoms. The number of allylic oxidation sites excluding steroid dienone is 1. The third kappa shape index (κ3) is 0.667. The van der Waals surface area contributed by atoms with Crippen LogP contribution in [0.3, 0.4) is 0 Å². The summed E-state index contributed by atoms with van der Waals surface area (Å²) in [5.74, 6) is 0.0486. The van der Waals surface area contributed by atoms with Gasteiger partial charge in [0.15, 0.2) is 0 Å². The lowest BCUT2D eigenvalue weighted by atomic mass is 10.0. The summed E-state index contributed by atoms with van der Waals surface area (Å²) in [4.78, 5) is 14.7. The lowest BCUT2D eigenvalue weighted by molar-refractivity contribution is -0.120. The fourth-order valence-corrected chi connectivity index (χ4v) is 1.35. The Morgan fingerprint density at radius 3 is 3.40 bits per heavy atom. The molecule has 3 nitrogen and oxygen atoms in total. The Kier molecular flexibility index (Phi) is 1.09. The van der Waals surface area contributed by atoms with Gasteiger partial charge in [-0.05, 0) is 12.5 Å². The Balaban J connectivity index is 2.33.